The zero-order valence-corrected chi connectivity index (χ0v) is 9.92. The second kappa shape index (κ2) is 4.45. The summed E-state index contributed by atoms with van der Waals surface area (Å²) < 4.78 is 0. The van der Waals surface area contributed by atoms with Gasteiger partial charge in [-0.3, -0.25) is 4.79 Å². The van der Waals surface area contributed by atoms with Gasteiger partial charge in [-0.25, -0.2) is 4.98 Å². The molecular weight excluding hydrogens is 242 g/mol. The molecule has 3 rings (SSSR count). The lowest BCUT2D eigenvalue weighted by Crippen LogP contribution is -2.13. The molecule has 3 aromatic rings. The number of benzene rings is 2. The largest absolute Gasteiger partial charge is 0.508 e. The number of H-pyrrole nitrogens is 1. The van der Waals surface area contributed by atoms with E-state index < -0.39 is 0 Å². The number of nitrogens with zero attached hydrogens (tertiary/aromatic N) is 1. The van der Waals surface area contributed by atoms with E-state index in [1.165, 1.54) is 12.1 Å². The van der Waals surface area contributed by atoms with Gasteiger partial charge in [-0.15, -0.1) is 0 Å². The molecule has 94 valence electrons. The van der Waals surface area contributed by atoms with Crippen LogP contribution in [0.15, 0.2) is 48.5 Å². The minimum Gasteiger partial charge on any atom is -0.508 e. The minimum absolute atomic E-state index is 0.0995. The standard InChI is InChI=1S/C14H11N3O2/c18-10-5-3-4-9(8-10)15-14(19)13-16-11-6-1-2-7-12(11)17-13/h1-8,18H,(H,15,19)(H,16,17). The maximum atomic E-state index is 12.0. The lowest BCUT2D eigenvalue weighted by molar-refractivity contribution is 0.101. The highest BCUT2D eigenvalue weighted by atomic mass is 16.3. The SMILES string of the molecule is O=C(Nc1cccc(O)c1)c1nc2ccccc2[nH]1. The number of phenolic OH excluding ortho intramolecular Hbond substituents is 1. The van der Waals surface area contributed by atoms with E-state index in [-0.39, 0.29) is 17.5 Å². The predicted molar refractivity (Wildman–Crippen MR) is 72.2 cm³/mol. The van der Waals surface area contributed by atoms with Gasteiger partial charge >= 0.3 is 0 Å². The van der Waals surface area contributed by atoms with Gasteiger partial charge in [0, 0.05) is 11.8 Å². The number of aromatic amines is 1. The summed E-state index contributed by atoms with van der Waals surface area (Å²) in [5.74, 6) is -0.00579. The molecule has 0 spiro atoms. The Hall–Kier alpha value is -2.82. The number of aromatic hydroxyl groups is 1. The Morgan fingerprint density at radius 2 is 2.00 bits per heavy atom. The quantitative estimate of drug-likeness (QED) is 0.656. The second-order valence-electron chi connectivity index (χ2n) is 4.11. The third-order valence-corrected chi connectivity index (χ3v) is 2.71. The predicted octanol–water partition coefficient (Wildman–Crippen LogP) is 2.52. The molecule has 19 heavy (non-hydrogen) atoms. The Kier molecular flexibility index (Phi) is 2.64. The Balaban J connectivity index is 1.87. The minimum atomic E-state index is -0.346. The summed E-state index contributed by atoms with van der Waals surface area (Å²) in [6.07, 6.45) is 0. The summed E-state index contributed by atoms with van der Waals surface area (Å²) in [5, 5.41) is 12.0. The summed E-state index contributed by atoms with van der Waals surface area (Å²) in [6, 6.07) is 13.8. The van der Waals surface area contributed by atoms with Crippen LogP contribution in [-0.2, 0) is 0 Å². The number of hydrogen-bond donors (Lipinski definition) is 3. The summed E-state index contributed by atoms with van der Waals surface area (Å²) in [5.41, 5.74) is 2.07. The van der Waals surface area contributed by atoms with Crippen LogP contribution in [0.2, 0.25) is 0 Å². The van der Waals surface area contributed by atoms with Crippen molar-refractivity contribution in [2.45, 2.75) is 0 Å². The highest BCUT2D eigenvalue weighted by Crippen LogP contribution is 2.16. The summed E-state index contributed by atoms with van der Waals surface area (Å²) >= 11 is 0. The van der Waals surface area contributed by atoms with Crippen molar-refractivity contribution < 1.29 is 9.90 Å². The topological polar surface area (TPSA) is 78.0 Å². The second-order valence-corrected chi connectivity index (χ2v) is 4.11. The van der Waals surface area contributed by atoms with Crippen LogP contribution in [0.25, 0.3) is 11.0 Å². The number of rotatable bonds is 2. The molecule has 5 heteroatoms. The lowest BCUT2D eigenvalue weighted by Gasteiger charge is -2.02. The van der Waals surface area contributed by atoms with Crippen molar-refractivity contribution in [2.75, 3.05) is 5.32 Å². The van der Waals surface area contributed by atoms with Crippen LogP contribution in [0.4, 0.5) is 5.69 Å². The number of fused-ring (bicyclic) bond motifs is 1. The van der Waals surface area contributed by atoms with Gasteiger partial charge in [0.1, 0.15) is 5.75 Å². The van der Waals surface area contributed by atoms with Crippen molar-refractivity contribution in [3.05, 3.63) is 54.4 Å². The molecular formula is C14H11N3O2. The molecule has 0 atom stereocenters. The molecule has 0 aliphatic rings. The van der Waals surface area contributed by atoms with E-state index in [1.807, 2.05) is 24.3 Å². The summed E-state index contributed by atoms with van der Waals surface area (Å²) in [6.45, 7) is 0. The van der Waals surface area contributed by atoms with Crippen molar-refractivity contribution in [3.63, 3.8) is 0 Å². The molecule has 1 aromatic heterocycles. The Bertz CT molecular complexity index is 716. The Morgan fingerprint density at radius 3 is 2.79 bits per heavy atom. The van der Waals surface area contributed by atoms with Gasteiger partial charge in [0.15, 0.2) is 5.82 Å². The molecule has 1 amide bonds. The van der Waals surface area contributed by atoms with Crippen LogP contribution >= 0.6 is 0 Å². The Morgan fingerprint density at radius 1 is 1.16 bits per heavy atom. The first kappa shape index (κ1) is 11.3. The van der Waals surface area contributed by atoms with Gasteiger partial charge < -0.3 is 15.4 Å². The molecule has 1 heterocycles. The number of nitrogens with one attached hydrogen (secondary N) is 2. The normalized spacial score (nSPS) is 10.5. The number of anilines is 1. The average Bonchev–Trinajstić information content (AvgIpc) is 2.82. The Labute approximate surface area is 108 Å². The number of carbonyl (C=O) groups excluding carboxylic acids is 1. The number of hydrogen-bond acceptors (Lipinski definition) is 3. The van der Waals surface area contributed by atoms with E-state index in [0.717, 1.165) is 11.0 Å². The van der Waals surface area contributed by atoms with Gasteiger partial charge in [0.05, 0.1) is 11.0 Å². The maximum absolute atomic E-state index is 12.0. The number of carbonyl (C=O) groups is 1. The van der Waals surface area contributed by atoms with Crippen molar-refractivity contribution >= 4 is 22.6 Å². The molecule has 0 radical (unpaired) electrons. The van der Waals surface area contributed by atoms with Crippen molar-refractivity contribution in [1.82, 2.24) is 9.97 Å². The first-order chi connectivity index (χ1) is 9.22. The summed E-state index contributed by atoms with van der Waals surface area (Å²) in [7, 11) is 0. The van der Waals surface area contributed by atoms with E-state index in [2.05, 4.69) is 15.3 Å². The zero-order chi connectivity index (χ0) is 13.2. The lowest BCUT2D eigenvalue weighted by atomic mass is 10.3. The zero-order valence-electron chi connectivity index (χ0n) is 9.92. The van der Waals surface area contributed by atoms with E-state index in [1.54, 1.807) is 12.1 Å². The van der Waals surface area contributed by atoms with Crippen LogP contribution in [0.3, 0.4) is 0 Å². The van der Waals surface area contributed by atoms with Crippen molar-refractivity contribution in [1.29, 1.82) is 0 Å². The van der Waals surface area contributed by atoms with Gasteiger partial charge in [0.2, 0.25) is 0 Å². The molecule has 5 nitrogen and oxygen atoms in total. The molecule has 0 saturated carbocycles. The smallest absolute Gasteiger partial charge is 0.291 e. The molecule has 2 aromatic carbocycles. The average molecular weight is 253 g/mol. The molecule has 0 saturated heterocycles. The molecule has 3 N–H and O–H groups in total. The first-order valence-corrected chi connectivity index (χ1v) is 5.77. The summed E-state index contributed by atoms with van der Waals surface area (Å²) in [4.78, 5) is 19.2. The molecule has 0 fully saturated rings. The fourth-order valence-electron chi connectivity index (χ4n) is 1.83. The van der Waals surface area contributed by atoms with Crippen LogP contribution in [0.1, 0.15) is 10.6 Å². The molecule has 0 aliphatic heterocycles. The van der Waals surface area contributed by atoms with Gasteiger partial charge in [-0.05, 0) is 24.3 Å². The number of aromatic nitrogens is 2. The first-order valence-electron chi connectivity index (χ1n) is 5.77. The van der Waals surface area contributed by atoms with Gasteiger partial charge in [-0.1, -0.05) is 18.2 Å². The van der Waals surface area contributed by atoms with E-state index >= 15 is 0 Å². The number of phenols is 1. The van der Waals surface area contributed by atoms with Gasteiger partial charge in [-0.2, -0.15) is 0 Å². The van der Waals surface area contributed by atoms with Crippen molar-refractivity contribution in [3.8, 4) is 5.75 Å². The third kappa shape index (κ3) is 2.26. The molecule has 0 unspecified atom stereocenters. The van der Waals surface area contributed by atoms with E-state index in [9.17, 15) is 9.90 Å². The van der Waals surface area contributed by atoms with Crippen LogP contribution in [-0.4, -0.2) is 21.0 Å². The number of imidazole rings is 1. The fraction of sp³-hybridized carbons (Fsp3) is 0. The van der Waals surface area contributed by atoms with Crippen LogP contribution in [0, 0.1) is 0 Å². The molecule has 0 aliphatic carbocycles. The molecule has 0 bridgehead atoms. The number of amides is 1. The highest BCUT2D eigenvalue weighted by Gasteiger charge is 2.11. The van der Waals surface area contributed by atoms with Gasteiger partial charge in [0.25, 0.3) is 5.91 Å². The highest BCUT2D eigenvalue weighted by molar-refractivity contribution is 6.03. The van der Waals surface area contributed by atoms with Crippen LogP contribution < -0.4 is 5.32 Å². The monoisotopic (exact) mass is 253 g/mol. The fourth-order valence-corrected chi connectivity index (χ4v) is 1.83. The maximum Gasteiger partial charge on any atom is 0.291 e. The number of para-hydroxylation sites is 2. The van der Waals surface area contributed by atoms with E-state index in [0.29, 0.717) is 5.69 Å². The van der Waals surface area contributed by atoms with Crippen molar-refractivity contribution in [2.24, 2.45) is 0 Å². The van der Waals surface area contributed by atoms with Crippen LogP contribution in [0.5, 0.6) is 5.75 Å². The van der Waals surface area contributed by atoms with E-state index in [4.69, 9.17) is 0 Å². The third-order valence-electron chi connectivity index (χ3n) is 2.71.